The Hall–Kier alpha value is -1.95. The van der Waals surface area contributed by atoms with Crippen LogP contribution in [0.4, 0.5) is 17.5 Å². The molecule has 5 N–H and O–H groups in total. The number of nitrogens with two attached hydrogens (primary N) is 1. The summed E-state index contributed by atoms with van der Waals surface area (Å²) in [4.78, 5) is 8.53. The maximum atomic E-state index is 11.9. The van der Waals surface area contributed by atoms with Crippen molar-refractivity contribution < 1.29 is 18.3 Å². The van der Waals surface area contributed by atoms with Crippen LogP contribution < -0.4 is 20.5 Å². The van der Waals surface area contributed by atoms with Crippen molar-refractivity contribution in [1.82, 2.24) is 9.97 Å². The van der Waals surface area contributed by atoms with Gasteiger partial charge in [0.2, 0.25) is 16.0 Å². The largest absolute Gasteiger partial charge is 0.492 e. The van der Waals surface area contributed by atoms with Crippen LogP contribution in [-0.4, -0.2) is 42.2 Å². The highest BCUT2D eigenvalue weighted by molar-refractivity contribution is 9.10. The second kappa shape index (κ2) is 7.82. The summed E-state index contributed by atoms with van der Waals surface area (Å²) in [6.45, 7) is 4.07. The number of anilines is 3. The molecule has 2 aromatic rings. The highest BCUT2D eigenvalue weighted by atomic mass is 79.9. The van der Waals surface area contributed by atoms with Crippen LogP contribution in [0, 0.1) is 5.92 Å². The molecule has 152 valence electrons. The van der Waals surface area contributed by atoms with Crippen LogP contribution in [0.1, 0.15) is 20.3 Å². The number of rotatable bonds is 2. The van der Waals surface area contributed by atoms with E-state index in [2.05, 4.69) is 36.5 Å². The van der Waals surface area contributed by atoms with E-state index in [1.165, 1.54) is 12.1 Å². The molecule has 0 aliphatic carbocycles. The molecule has 28 heavy (non-hydrogen) atoms. The van der Waals surface area contributed by atoms with Gasteiger partial charge in [0.1, 0.15) is 16.5 Å². The lowest BCUT2D eigenvalue weighted by molar-refractivity contribution is 0.0133. The third-order valence-electron chi connectivity index (χ3n) is 4.49. The summed E-state index contributed by atoms with van der Waals surface area (Å²) in [5.74, 6) is 0.839. The molecule has 0 spiro atoms. The van der Waals surface area contributed by atoms with E-state index in [1.54, 1.807) is 26.1 Å². The molecule has 3 rings (SSSR count). The second-order valence-electron chi connectivity index (χ2n) is 7.09. The highest BCUT2D eigenvalue weighted by Crippen LogP contribution is 2.31. The SMILES string of the molecule is CC(C)(O)C1CCOc2cc(ccc2S(N)(=O)=O)Nc2ncc(Br)c(n2)NC1. The van der Waals surface area contributed by atoms with E-state index in [9.17, 15) is 13.5 Å². The van der Waals surface area contributed by atoms with Crippen molar-refractivity contribution in [1.29, 1.82) is 0 Å². The quantitative estimate of drug-likeness (QED) is 0.522. The Kier molecular flexibility index (Phi) is 5.80. The molecule has 1 atom stereocenters. The van der Waals surface area contributed by atoms with Crippen LogP contribution in [0.15, 0.2) is 33.8 Å². The zero-order valence-electron chi connectivity index (χ0n) is 15.4. The van der Waals surface area contributed by atoms with Gasteiger partial charge in [-0.15, -0.1) is 0 Å². The number of nitrogens with one attached hydrogen (secondary N) is 2. The fraction of sp³-hybridized carbons (Fsp3) is 0.412. The molecule has 0 saturated heterocycles. The zero-order valence-corrected chi connectivity index (χ0v) is 17.8. The Morgan fingerprint density at radius 2 is 2.14 bits per heavy atom. The van der Waals surface area contributed by atoms with Gasteiger partial charge in [0.15, 0.2) is 0 Å². The standard InChI is InChI=1S/C17H22BrN5O4S/c1-17(2,24)10-5-6-27-13-7-11(3-4-14(13)28(19,25)26)22-16-21-9-12(18)15(23-16)20-8-10/h3-4,7,9-10,24H,5-6,8H2,1-2H3,(H2,19,25,26)(H2,20,21,22,23). The van der Waals surface area contributed by atoms with E-state index in [-0.39, 0.29) is 23.2 Å². The van der Waals surface area contributed by atoms with Crippen molar-refractivity contribution in [2.24, 2.45) is 11.1 Å². The number of halogens is 1. The van der Waals surface area contributed by atoms with Gasteiger partial charge in [-0.3, -0.25) is 0 Å². The Bertz CT molecular complexity index is 978. The lowest BCUT2D eigenvalue weighted by Gasteiger charge is -2.30. The van der Waals surface area contributed by atoms with Crippen molar-refractivity contribution in [3.8, 4) is 5.75 Å². The summed E-state index contributed by atoms with van der Waals surface area (Å²) in [5, 5.41) is 22.0. The molecule has 1 aromatic carbocycles. The average Bonchev–Trinajstić information content (AvgIpc) is 2.58. The number of aliphatic hydroxyl groups is 1. The number of primary sulfonamides is 1. The van der Waals surface area contributed by atoms with Gasteiger partial charge in [-0.2, -0.15) is 4.98 Å². The average molecular weight is 472 g/mol. The molecule has 1 aliphatic rings. The van der Waals surface area contributed by atoms with Crippen LogP contribution >= 0.6 is 15.9 Å². The number of hydrogen-bond acceptors (Lipinski definition) is 8. The van der Waals surface area contributed by atoms with Crippen molar-refractivity contribution in [2.75, 3.05) is 23.8 Å². The minimum Gasteiger partial charge on any atom is -0.492 e. The zero-order chi connectivity index (χ0) is 20.5. The van der Waals surface area contributed by atoms with Crippen molar-refractivity contribution in [3.05, 3.63) is 28.9 Å². The predicted octanol–water partition coefficient (Wildman–Crippen LogP) is 2.21. The maximum absolute atomic E-state index is 11.9. The highest BCUT2D eigenvalue weighted by Gasteiger charge is 2.27. The molecule has 1 unspecified atom stereocenters. The Morgan fingerprint density at radius 1 is 1.39 bits per heavy atom. The first-order valence-corrected chi connectivity index (χ1v) is 10.9. The number of fused-ring (bicyclic) bond motifs is 4. The summed E-state index contributed by atoms with van der Waals surface area (Å²) in [7, 11) is -3.96. The van der Waals surface area contributed by atoms with Gasteiger partial charge >= 0.3 is 0 Å². The summed E-state index contributed by atoms with van der Waals surface area (Å²) in [5.41, 5.74) is -0.434. The Labute approximate surface area is 171 Å². The molecule has 1 aliphatic heterocycles. The molecule has 2 heterocycles. The summed E-state index contributed by atoms with van der Waals surface area (Å²) >= 11 is 3.41. The second-order valence-corrected chi connectivity index (χ2v) is 9.47. The summed E-state index contributed by atoms with van der Waals surface area (Å²) < 4.78 is 30.2. The first kappa shape index (κ1) is 20.8. The van der Waals surface area contributed by atoms with Gasteiger partial charge in [-0.05, 0) is 48.3 Å². The first-order chi connectivity index (χ1) is 13.0. The van der Waals surface area contributed by atoms with Gasteiger partial charge < -0.3 is 20.5 Å². The molecule has 1 aromatic heterocycles. The number of sulfonamides is 1. The molecule has 4 bridgehead atoms. The van der Waals surface area contributed by atoms with Gasteiger partial charge in [0, 0.05) is 30.4 Å². The normalized spacial score (nSPS) is 17.8. The number of ether oxygens (including phenoxy) is 1. The fourth-order valence-electron chi connectivity index (χ4n) is 2.85. The third-order valence-corrected chi connectivity index (χ3v) is 6.02. The van der Waals surface area contributed by atoms with E-state index < -0.39 is 15.6 Å². The smallest absolute Gasteiger partial charge is 0.241 e. The third kappa shape index (κ3) is 4.90. The van der Waals surface area contributed by atoms with Crippen molar-refractivity contribution in [2.45, 2.75) is 30.8 Å². The lowest BCUT2D eigenvalue weighted by atomic mass is 9.88. The van der Waals surface area contributed by atoms with Crippen molar-refractivity contribution >= 4 is 43.4 Å². The first-order valence-electron chi connectivity index (χ1n) is 8.59. The number of nitrogens with zero attached hydrogens (tertiary/aromatic N) is 2. The Balaban J connectivity index is 2.05. The van der Waals surface area contributed by atoms with Crippen LogP contribution in [-0.2, 0) is 10.0 Å². The van der Waals surface area contributed by atoms with Crippen LogP contribution in [0.5, 0.6) is 5.75 Å². The lowest BCUT2D eigenvalue weighted by Crippen LogP contribution is -2.37. The monoisotopic (exact) mass is 471 g/mol. The number of aromatic nitrogens is 2. The van der Waals surface area contributed by atoms with E-state index in [0.717, 1.165) is 0 Å². The molecule has 9 nitrogen and oxygen atoms in total. The van der Waals surface area contributed by atoms with E-state index in [0.29, 0.717) is 34.9 Å². The summed E-state index contributed by atoms with van der Waals surface area (Å²) in [6.07, 6.45) is 2.08. The molecule has 0 amide bonds. The Morgan fingerprint density at radius 3 is 2.82 bits per heavy atom. The van der Waals surface area contributed by atoms with E-state index in [4.69, 9.17) is 9.88 Å². The molecule has 0 saturated carbocycles. The van der Waals surface area contributed by atoms with E-state index >= 15 is 0 Å². The van der Waals surface area contributed by atoms with E-state index in [1.807, 2.05) is 0 Å². The molecular formula is C17H22BrN5O4S. The minimum atomic E-state index is -3.96. The molecule has 0 fully saturated rings. The van der Waals surface area contributed by atoms with Crippen LogP contribution in [0.25, 0.3) is 0 Å². The number of benzene rings is 1. The fourth-order valence-corrected chi connectivity index (χ4v) is 3.84. The number of hydrogen-bond donors (Lipinski definition) is 4. The molecule has 0 radical (unpaired) electrons. The predicted molar refractivity (Wildman–Crippen MR) is 109 cm³/mol. The maximum Gasteiger partial charge on any atom is 0.241 e. The summed E-state index contributed by atoms with van der Waals surface area (Å²) in [6, 6.07) is 4.47. The topological polar surface area (TPSA) is 139 Å². The van der Waals surface area contributed by atoms with Crippen molar-refractivity contribution in [3.63, 3.8) is 0 Å². The van der Waals surface area contributed by atoms with Gasteiger partial charge in [0.25, 0.3) is 0 Å². The van der Waals surface area contributed by atoms with Gasteiger partial charge in [0.05, 0.1) is 16.7 Å². The van der Waals surface area contributed by atoms with Crippen LogP contribution in [0.3, 0.4) is 0 Å². The van der Waals surface area contributed by atoms with Gasteiger partial charge in [-0.1, -0.05) is 0 Å². The van der Waals surface area contributed by atoms with Crippen LogP contribution in [0.2, 0.25) is 0 Å². The molecule has 11 heteroatoms. The molecular weight excluding hydrogens is 450 g/mol. The minimum absolute atomic E-state index is 0.108. The van der Waals surface area contributed by atoms with Gasteiger partial charge in [-0.25, -0.2) is 18.5 Å².